The van der Waals surface area contributed by atoms with E-state index in [0.29, 0.717) is 19.8 Å². The lowest BCUT2D eigenvalue weighted by Gasteiger charge is -2.18. The van der Waals surface area contributed by atoms with E-state index in [0.717, 1.165) is 0 Å². The van der Waals surface area contributed by atoms with Crippen LogP contribution in [0, 0.1) is 0 Å². The Labute approximate surface area is 164 Å². The number of carbonyl (C=O) groups is 3. The molecule has 0 N–H and O–H groups in total. The van der Waals surface area contributed by atoms with Crippen LogP contribution in [0.3, 0.4) is 0 Å². The minimum atomic E-state index is -1.41. The highest BCUT2D eigenvalue weighted by molar-refractivity contribution is 5.81. The second-order valence-electron chi connectivity index (χ2n) is 5.29. The molecule has 0 heterocycles. The van der Waals surface area contributed by atoms with E-state index in [-0.39, 0.29) is 46.1 Å². The van der Waals surface area contributed by atoms with Gasteiger partial charge in [-0.25, -0.2) is 9.59 Å². The van der Waals surface area contributed by atoms with E-state index in [4.69, 9.17) is 37.9 Å². The molecule has 0 aliphatic carbocycles. The fourth-order valence-corrected chi connectivity index (χ4v) is 1.64. The van der Waals surface area contributed by atoms with Crippen LogP contribution < -0.4 is 0 Å². The van der Waals surface area contributed by atoms with Crippen molar-refractivity contribution in [2.75, 3.05) is 80.8 Å². The zero-order valence-electron chi connectivity index (χ0n) is 16.6. The number of rotatable bonds is 19. The van der Waals surface area contributed by atoms with Crippen molar-refractivity contribution in [2.45, 2.75) is 12.7 Å². The molecule has 0 bridgehead atoms. The summed E-state index contributed by atoms with van der Waals surface area (Å²) in [4.78, 5) is 35.5. The summed E-state index contributed by atoms with van der Waals surface area (Å²) in [5, 5.41) is 0. The fourth-order valence-electron chi connectivity index (χ4n) is 1.64. The van der Waals surface area contributed by atoms with Crippen LogP contribution >= 0.6 is 0 Å². The zero-order chi connectivity index (χ0) is 21.0. The molecule has 0 unspecified atom stereocenters. The Morgan fingerprint density at radius 2 is 1.00 bits per heavy atom. The molecule has 0 radical (unpaired) electrons. The van der Waals surface area contributed by atoms with E-state index in [1.54, 1.807) is 0 Å². The van der Waals surface area contributed by atoms with E-state index in [1.165, 1.54) is 21.3 Å². The minimum Gasteiger partial charge on any atom is -0.423 e. The lowest BCUT2D eigenvalue weighted by atomic mass is 10.3. The van der Waals surface area contributed by atoms with Gasteiger partial charge in [-0.3, -0.25) is 4.79 Å². The highest BCUT2D eigenvalue weighted by atomic mass is 16.7. The lowest BCUT2D eigenvalue weighted by Crippen LogP contribution is -2.31. The van der Waals surface area contributed by atoms with Crippen molar-refractivity contribution in [1.29, 1.82) is 0 Å². The summed E-state index contributed by atoms with van der Waals surface area (Å²) in [6.07, 6.45) is -1.77. The third-order valence-electron chi connectivity index (χ3n) is 2.92. The van der Waals surface area contributed by atoms with Crippen LogP contribution in [0.25, 0.3) is 0 Å². The molecular formula is C17H30O11. The fraction of sp³-hybridized carbons (Fsp3) is 0.824. The van der Waals surface area contributed by atoms with Crippen LogP contribution in [0.4, 0.5) is 0 Å². The Balaban J connectivity index is 4.44. The van der Waals surface area contributed by atoms with Crippen molar-refractivity contribution in [3.05, 3.63) is 0 Å². The number of hydrogen-bond donors (Lipinski definition) is 0. The second kappa shape index (κ2) is 18.7. The minimum absolute atomic E-state index is 0.190. The van der Waals surface area contributed by atoms with Gasteiger partial charge >= 0.3 is 11.9 Å². The van der Waals surface area contributed by atoms with Crippen LogP contribution in [0.5, 0.6) is 0 Å². The third-order valence-corrected chi connectivity index (χ3v) is 2.92. The molecule has 0 aromatic carbocycles. The molecule has 0 aliphatic rings. The number of Topliss-reactive ketones (excluding diaryl/α,β-unsaturated/α-hetero) is 1. The number of methoxy groups -OCH3 is 3. The molecule has 28 heavy (non-hydrogen) atoms. The van der Waals surface area contributed by atoms with Crippen molar-refractivity contribution in [3.8, 4) is 0 Å². The maximum absolute atomic E-state index is 11.9. The van der Waals surface area contributed by atoms with Crippen LogP contribution in [0.15, 0.2) is 0 Å². The predicted octanol–water partition coefficient (Wildman–Crippen LogP) is -0.653. The molecule has 11 heteroatoms. The van der Waals surface area contributed by atoms with Gasteiger partial charge in [0.25, 0.3) is 6.29 Å². The molecule has 0 saturated carbocycles. The molecule has 0 aromatic heterocycles. The smallest absolute Gasteiger partial charge is 0.335 e. The van der Waals surface area contributed by atoms with E-state index >= 15 is 0 Å². The average molecular weight is 410 g/mol. The first-order valence-corrected chi connectivity index (χ1v) is 8.64. The predicted molar refractivity (Wildman–Crippen MR) is 93.7 cm³/mol. The summed E-state index contributed by atoms with van der Waals surface area (Å²) in [5.74, 6) is -1.99. The Hall–Kier alpha value is -1.63. The molecule has 0 aromatic rings. The molecule has 164 valence electrons. The van der Waals surface area contributed by atoms with Gasteiger partial charge in [-0.05, 0) is 0 Å². The molecule has 0 rings (SSSR count). The molecule has 0 atom stereocenters. The number of carbonyl (C=O) groups excluding carboxylic acids is 3. The second-order valence-corrected chi connectivity index (χ2v) is 5.29. The van der Waals surface area contributed by atoms with Gasteiger partial charge in [0.2, 0.25) is 0 Å². The monoisotopic (exact) mass is 410 g/mol. The van der Waals surface area contributed by atoms with Gasteiger partial charge in [0.1, 0.15) is 19.8 Å². The maximum atomic E-state index is 11.9. The van der Waals surface area contributed by atoms with Gasteiger partial charge in [0.05, 0.1) is 46.1 Å². The third kappa shape index (κ3) is 16.5. The van der Waals surface area contributed by atoms with Gasteiger partial charge in [0.15, 0.2) is 5.78 Å². The van der Waals surface area contributed by atoms with Crippen LogP contribution in [0.1, 0.15) is 6.42 Å². The summed E-state index contributed by atoms with van der Waals surface area (Å²) in [7, 11) is 4.49. The zero-order valence-corrected chi connectivity index (χ0v) is 16.6. The van der Waals surface area contributed by atoms with Gasteiger partial charge in [-0.15, -0.1) is 0 Å². The molecule has 0 spiro atoms. The summed E-state index contributed by atoms with van der Waals surface area (Å²) >= 11 is 0. The van der Waals surface area contributed by atoms with Crippen molar-refractivity contribution < 1.29 is 52.3 Å². The molecule has 0 fully saturated rings. The number of ether oxygens (including phenoxy) is 8. The highest BCUT2D eigenvalue weighted by Gasteiger charge is 2.23. The Kier molecular flexibility index (Phi) is 17.6. The van der Waals surface area contributed by atoms with E-state index < -0.39 is 24.0 Å². The quantitative estimate of drug-likeness (QED) is 0.153. The van der Waals surface area contributed by atoms with Gasteiger partial charge < -0.3 is 37.9 Å². The van der Waals surface area contributed by atoms with Gasteiger partial charge in [-0.1, -0.05) is 0 Å². The number of esters is 2. The first-order chi connectivity index (χ1) is 13.5. The van der Waals surface area contributed by atoms with E-state index in [9.17, 15) is 14.4 Å². The number of ketones is 1. The molecule has 11 nitrogen and oxygen atoms in total. The van der Waals surface area contributed by atoms with Crippen molar-refractivity contribution in [1.82, 2.24) is 0 Å². The SMILES string of the molecule is COCCOCC(=O)CC(OC(=O)COCCOC)OC(=O)COCCOC. The first kappa shape index (κ1) is 26.4. The Morgan fingerprint density at radius 3 is 1.39 bits per heavy atom. The molecule has 0 amide bonds. The topological polar surface area (TPSA) is 125 Å². The van der Waals surface area contributed by atoms with E-state index in [2.05, 4.69) is 0 Å². The van der Waals surface area contributed by atoms with Crippen LogP contribution in [-0.2, 0) is 52.3 Å². The summed E-state index contributed by atoms with van der Waals surface area (Å²) in [5.41, 5.74) is 0. The molecule has 0 aliphatic heterocycles. The largest absolute Gasteiger partial charge is 0.423 e. The lowest BCUT2D eigenvalue weighted by molar-refractivity contribution is -0.195. The Morgan fingerprint density at radius 1 is 0.607 bits per heavy atom. The van der Waals surface area contributed by atoms with E-state index in [1.807, 2.05) is 0 Å². The standard InChI is InChI=1S/C17H30O11/c1-21-4-7-24-11-14(18)10-17(27-15(19)12-25-8-5-22-2)28-16(20)13-26-9-6-23-3/h17H,4-13H2,1-3H3. The maximum Gasteiger partial charge on any atom is 0.335 e. The first-order valence-electron chi connectivity index (χ1n) is 8.64. The van der Waals surface area contributed by atoms with Gasteiger partial charge in [-0.2, -0.15) is 0 Å². The van der Waals surface area contributed by atoms with Crippen molar-refractivity contribution in [2.24, 2.45) is 0 Å². The van der Waals surface area contributed by atoms with Crippen molar-refractivity contribution in [3.63, 3.8) is 0 Å². The normalized spacial score (nSPS) is 10.9. The van der Waals surface area contributed by atoms with Crippen LogP contribution in [0.2, 0.25) is 0 Å². The summed E-state index contributed by atoms with van der Waals surface area (Å²) in [6.45, 7) is 0.574. The van der Waals surface area contributed by atoms with Gasteiger partial charge in [0, 0.05) is 21.3 Å². The Bertz CT molecular complexity index is 366. The van der Waals surface area contributed by atoms with Crippen LogP contribution in [-0.4, -0.2) is 105 Å². The average Bonchev–Trinajstić information content (AvgIpc) is 2.66. The molecule has 0 saturated heterocycles. The summed E-state index contributed by atoms with van der Waals surface area (Å²) in [6, 6.07) is 0. The highest BCUT2D eigenvalue weighted by Crippen LogP contribution is 2.05. The molecular weight excluding hydrogens is 380 g/mol. The summed E-state index contributed by atoms with van der Waals surface area (Å²) < 4.78 is 39.5. The van der Waals surface area contributed by atoms with Crippen molar-refractivity contribution >= 4 is 17.7 Å². The number of hydrogen-bond acceptors (Lipinski definition) is 11.